The molecule has 0 fully saturated rings. The summed E-state index contributed by atoms with van der Waals surface area (Å²) in [6, 6.07) is 16.6. The second kappa shape index (κ2) is 8.08. The van der Waals surface area contributed by atoms with E-state index in [0.29, 0.717) is 20.7 Å². The molecular weight excluding hydrogens is 368 g/mol. The van der Waals surface area contributed by atoms with Gasteiger partial charge in [0.25, 0.3) is 0 Å². The van der Waals surface area contributed by atoms with Gasteiger partial charge < -0.3 is 0 Å². The maximum absolute atomic E-state index is 12.1. The maximum Gasteiger partial charge on any atom is 0.250 e. The van der Waals surface area contributed by atoms with Gasteiger partial charge in [-0.15, -0.1) is 0 Å². The number of carbonyl (C=O) groups is 2. The van der Waals surface area contributed by atoms with Crippen LogP contribution in [0.2, 0.25) is 5.02 Å². The van der Waals surface area contributed by atoms with Crippen LogP contribution in [0.25, 0.3) is 17.3 Å². The van der Waals surface area contributed by atoms with Crippen molar-refractivity contribution < 1.29 is 9.59 Å². The molecular formula is C20H15ClN2O2S. The van der Waals surface area contributed by atoms with Crippen molar-refractivity contribution in [2.45, 2.75) is 6.92 Å². The Labute approximate surface area is 160 Å². The minimum atomic E-state index is -0.316. The molecule has 130 valence electrons. The number of hydrogen-bond acceptors (Lipinski definition) is 4. The molecule has 1 N–H and O–H groups in total. The number of anilines is 1. The molecule has 1 aromatic heterocycles. The van der Waals surface area contributed by atoms with Crippen LogP contribution in [-0.2, 0) is 4.79 Å². The van der Waals surface area contributed by atoms with Crippen molar-refractivity contribution in [3.05, 3.63) is 76.1 Å². The molecule has 0 bridgehead atoms. The molecule has 1 heterocycles. The van der Waals surface area contributed by atoms with Crippen molar-refractivity contribution >= 4 is 45.8 Å². The summed E-state index contributed by atoms with van der Waals surface area (Å²) in [5.74, 6) is -0.401. The molecule has 3 aromatic rings. The average Bonchev–Trinajstić information content (AvgIpc) is 3.06. The Balaban J connectivity index is 1.78. The van der Waals surface area contributed by atoms with Gasteiger partial charge in [0.1, 0.15) is 0 Å². The van der Waals surface area contributed by atoms with E-state index in [1.807, 2.05) is 42.5 Å². The van der Waals surface area contributed by atoms with Gasteiger partial charge in [-0.1, -0.05) is 65.4 Å². The fourth-order valence-corrected chi connectivity index (χ4v) is 3.31. The minimum absolute atomic E-state index is 0.0847. The number of aromatic nitrogens is 1. The zero-order valence-corrected chi connectivity index (χ0v) is 15.5. The van der Waals surface area contributed by atoms with E-state index in [4.69, 9.17) is 11.6 Å². The topological polar surface area (TPSA) is 59.1 Å². The highest BCUT2D eigenvalue weighted by Crippen LogP contribution is 2.31. The van der Waals surface area contributed by atoms with Crippen molar-refractivity contribution in [2.75, 3.05) is 5.32 Å². The number of ketones is 1. The predicted molar refractivity (Wildman–Crippen MR) is 107 cm³/mol. The third kappa shape index (κ3) is 4.45. The Hall–Kier alpha value is -2.76. The highest BCUT2D eigenvalue weighted by molar-refractivity contribution is 7.18. The lowest BCUT2D eigenvalue weighted by atomic mass is 10.1. The second-order valence-corrected chi connectivity index (χ2v) is 6.93. The highest BCUT2D eigenvalue weighted by atomic mass is 35.5. The van der Waals surface area contributed by atoms with Crippen LogP contribution in [0.1, 0.15) is 22.2 Å². The molecule has 0 saturated heterocycles. The normalized spacial score (nSPS) is 10.8. The standard InChI is InChI=1S/C20H15ClN2O2S/c1-13(24)19-18(15-5-3-2-4-6-15)23-20(26-19)22-17(25)12-9-14-7-10-16(21)11-8-14/h2-12H,1H3,(H,22,23,25)/b12-9+. The predicted octanol–water partition coefficient (Wildman–Crippen LogP) is 5.32. The lowest BCUT2D eigenvalue weighted by Crippen LogP contribution is -2.07. The number of Topliss-reactive ketones (excluding diaryl/α,β-unsaturated/α-hetero) is 1. The Morgan fingerprint density at radius 3 is 2.42 bits per heavy atom. The summed E-state index contributed by atoms with van der Waals surface area (Å²) in [5, 5.41) is 3.74. The molecule has 0 aliphatic carbocycles. The fraction of sp³-hybridized carbons (Fsp3) is 0.0500. The van der Waals surface area contributed by atoms with Gasteiger partial charge in [-0.25, -0.2) is 4.98 Å². The molecule has 6 heteroatoms. The van der Waals surface area contributed by atoms with Crippen molar-refractivity contribution in [2.24, 2.45) is 0 Å². The summed E-state index contributed by atoms with van der Waals surface area (Å²) in [6.45, 7) is 1.49. The lowest BCUT2D eigenvalue weighted by molar-refractivity contribution is -0.111. The number of nitrogens with one attached hydrogen (secondary N) is 1. The van der Waals surface area contributed by atoms with Crippen molar-refractivity contribution in [3.63, 3.8) is 0 Å². The van der Waals surface area contributed by atoms with Crippen LogP contribution in [-0.4, -0.2) is 16.7 Å². The summed E-state index contributed by atoms with van der Waals surface area (Å²) in [5.41, 5.74) is 2.28. The lowest BCUT2D eigenvalue weighted by Gasteiger charge is -1.98. The van der Waals surface area contributed by atoms with Gasteiger partial charge in [-0.3, -0.25) is 14.9 Å². The summed E-state index contributed by atoms with van der Waals surface area (Å²) in [6.07, 6.45) is 3.10. The SMILES string of the molecule is CC(=O)c1sc(NC(=O)/C=C/c2ccc(Cl)cc2)nc1-c1ccccc1. The maximum atomic E-state index is 12.1. The van der Waals surface area contributed by atoms with Crippen LogP contribution >= 0.6 is 22.9 Å². The van der Waals surface area contributed by atoms with Gasteiger partial charge in [0.05, 0.1) is 10.6 Å². The van der Waals surface area contributed by atoms with Crippen LogP contribution in [0.3, 0.4) is 0 Å². The van der Waals surface area contributed by atoms with Gasteiger partial charge in [0, 0.05) is 23.6 Å². The first kappa shape index (κ1) is 18.0. The van der Waals surface area contributed by atoms with Gasteiger partial charge in [-0.05, 0) is 23.8 Å². The number of hydrogen-bond donors (Lipinski definition) is 1. The molecule has 3 rings (SSSR count). The largest absolute Gasteiger partial charge is 0.298 e. The highest BCUT2D eigenvalue weighted by Gasteiger charge is 2.17. The van der Waals surface area contributed by atoms with Crippen molar-refractivity contribution in [1.29, 1.82) is 0 Å². The molecule has 0 unspecified atom stereocenters. The minimum Gasteiger partial charge on any atom is -0.298 e. The number of thiazole rings is 1. The van der Waals surface area contributed by atoms with E-state index in [1.54, 1.807) is 18.2 Å². The van der Waals surface area contributed by atoms with Gasteiger partial charge in [0.2, 0.25) is 5.91 Å². The van der Waals surface area contributed by atoms with Crippen LogP contribution in [0.4, 0.5) is 5.13 Å². The van der Waals surface area contributed by atoms with Crippen molar-refractivity contribution in [3.8, 4) is 11.3 Å². The Kier molecular flexibility index (Phi) is 5.61. The van der Waals surface area contributed by atoms with E-state index in [2.05, 4.69) is 10.3 Å². The van der Waals surface area contributed by atoms with E-state index in [1.165, 1.54) is 24.3 Å². The molecule has 1 amide bonds. The Bertz CT molecular complexity index is 963. The summed E-state index contributed by atoms with van der Waals surface area (Å²) in [4.78, 5) is 29.0. The molecule has 2 aromatic carbocycles. The molecule has 0 atom stereocenters. The van der Waals surface area contributed by atoms with E-state index >= 15 is 0 Å². The van der Waals surface area contributed by atoms with E-state index in [-0.39, 0.29) is 11.7 Å². The quantitative estimate of drug-likeness (QED) is 0.480. The summed E-state index contributed by atoms with van der Waals surface area (Å²) >= 11 is 7.01. The first-order chi connectivity index (χ1) is 12.5. The number of amides is 1. The summed E-state index contributed by atoms with van der Waals surface area (Å²) in [7, 11) is 0. The monoisotopic (exact) mass is 382 g/mol. The Morgan fingerprint density at radius 1 is 1.08 bits per heavy atom. The summed E-state index contributed by atoms with van der Waals surface area (Å²) < 4.78 is 0. The molecule has 0 aliphatic rings. The number of rotatable bonds is 5. The number of nitrogens with zero attached hydrogens (tertiary/aromatic N) is 1. The zero-order valence-electron chi connectivity index (χ0n) is 13.9. The molecule has 0 saturated carbocycles. The van der Waals surface area contributed by atoms with Crippen LogP contribution in [0.5, 0.6) is 0 Å². The number of benzene rings is 2. The molecule has 0 aliphatic heterocycles. The van der Waals surface area contributed by atoms with Crippen molar-refractivity contribution in [1.82, 2.24) is 4.98 Å². The van der Waals surface area contributed by atoms with Gasteiger partial charge >= 0.3 is 0 Å². The first-order valence-electron chi connectivity index (χ1n) is 7.85. The van der Waals surface area contributed by atoms with Gasteiger partial charge in [0.15, 0.2) is 10.9 Å². The first-order valence-corrected chi connectivity index (χ1v) is 9.04. The van der Waals surface area contributed by atoms with Crippen LogP contribution in [0, 0.1) is 0 Å². The van der Waals surface area contributed by atoms with E-state index in [0.717, 1.165) is 11.1 Å². The zero-order chi connectivity index (χ0) is 18.5. The van der Waals surface area contributed by atoms with Gasteiger partial charge in [-0.2, -0.15) is 0 Å². The molecule has 0 radical (unpaired) electrons. The van der Waals surface area contributed by atoms with Crippen LogP contribution in [0.15, 0.2) is 60.7 Å². The van der Waals surface area contributed by atoms with E-state index in [9.17, 15) is 9.59 Å². The fourth-order valence-electron chi connectivity index (χ4n) is 2.30. The number of halogens is 1. The third-order valence-corrected chi connectivity index (χ3v) is 4.85. The number of carbonyl (C=O) groups excluding carboxylic acids is 2. The molecule has 0 spiro atoms. The Morgan fingerprint density at radius 2 is 1.77 bits per heavy atom. The molecule has 26 heavy (non-hydrogen) atoms. The third-order valence-electron chi connectivity index (χ3n) is 3.52. The second-order valence-electron chi connectivity index (χ2n) is 5.49. The van der Waals surface area contributed by atoms with E-state index < -0.39 is 0 Å². The van der Waals surface area contributed by atoms with Crippen LogP contribution < -0.4 is 5.32 Å². The average molecular weight is 383 g/mol. The molecule has 4 nitrogen and oxygen atoms in total. The smallest absolute Gasteiger partial charge is 0.250 e.